The van der Waals surface area contributed by atoms with E-state index in [1.54, 1.807) is 7.11 Å². The standard InChI is InChI=1S/C17H18BrNO2/c1-12-11-13(7-9-16(12)21-2)8-10-17(20)19-15-6-4-3-5-14(15)18/h3-7,9,11H,8,10H2,1-2H3,(H,19,20). The summed E-state index contributed by atoms with van der Waals surface area (Å²) in [6.07, 6.45) is 1.16. The zero-order chi connectivity index (χ0) is 15.2. The first-order valence-corrected chi connectivity index (χ1v) is 7.57. The summed E-state index contributed by atoms with van der Waals surface area (Å²) in [7, 11) is 1.66. The average Bonchev–Trinajstić information content (AvgIpc) is 2.48. The van der Waals surface area contributed by atoms with Crippen molar-refractivity contribution >= 4 is 27.5 Å². The molecule has 0 fully saturated rings. The second kappa shape index (κ2) is 7.27. The van der Waals surface area contributed by atoms with E-state index in [9.17, 15) is 4.79 Å². The van der Waals surface area contributed by atoms with Crippen LogP contribution in [-0.2, 0) is 11.2 Å². The number of amides is 1. The van der Waals surface area contributed by atoms with Crippen LogP contribution in [0.15, 0.2) is 46.9 Å². The van der Waals surface area contributed by atoms with Crippen LogP contribution in [0.5, 0.6) is 5.75 Å². The third kappa shape index (κ3) is 4.33. The van der Waals surface area contributed by atoms with Gasteiger partial charge in [0.15, 0.2) is 0 Å². The highest BCUT2D eigenvalue weighted by atomic mass is 79.9. The molecular weight excluding hydrogens is 330 g/mol. The zero-order valence-electron chi connectivity index (χ0n) is 12.2. The molecule has 2 aromatic rings. The summed E-state index contributed by atoms with van der Waals surface area (Å²) in [5.41, 5.74) is 3.02. The van der Waals surface area contributed by atoms with E-state index in [1.807, 2.05) is 43.3 Å². The Kier molecular flexibility index (Phi) is 5.39. The topological polar surface area (TPSA) is 38.3 Å². The lowest BCUT2D eigenvalue weighted by molar-refractivity contribution is -0.116. The Bertz CT molecular complexity index is 640. The van der Waals surface area contributed by atoms with E-state index < -0.39 is 0 Å². The van der Waals surface area contributed by atoms with Gasteiger partial charge in [-0.3, -0.25) is 4.79 Å². The molecule has 0 spiro atoms. The van der Waals surface area contributed by atoms with Gasteiger partial charge in [-0.1, -0.05) is 24.3 Å². The summed E-state index contributed by atoms with van der Waals surface area (Å²) in [4.78, 5) is 12.0. The van der Waals surface area contributed by atoms with Crippen LogP contribution in [0.25, 0.3) is 0 Å². The molecule has 0 heterocycles. The molecule has 3 nitrogen and oxygen atoms in total. The molecule has 0 aromatic heterocycles. The highest BCUT2D eigenvalue weighted by Crippen LogP contribution is 2.22. The number of rotatable bonds is 5. The van der Waals surface area contributed by atoms with Gasteiger partial charge in [0.2, 0.25) is 5.91 Å². The van der Waals surface area contributed by atoms with E-state index >= 15 is 0 Å². The number of hydrogen-bond acceptors (Lipinski definition) is 2. The second-order valence-electron chi connectivity index (χ2n) is 4.83. The Labute approximate surface area is 133 Å². The number of ether oxygens (including phenoxy) is 1. The first kappa shape index (κ1) is 15.6. The lowest BCUT2D eigenvalue weighted by Gasteiger charge is -2.09. The summed E-state index contributed by atoms with van der Waals surface area (Å²) in [6, 6.07) is 13.6. The minimum Gasteiger partial charge on any atom is -0.496 e. The molecule has 110 valence electrons. The van der Waals surface area contributed by atoms with E-state index in [1.165, 1.54) is 0 Å². The number of carbonyl (C=O) groups is 1. The lowest BCUT2D eigenvalue weighted by atomic mass is 10.1. The number of nitrogens with one attached hydrogen (secondary N) is 1. The SMILES string of the molecule is COc1ccc(CCC(=O)Nc2ccccc2Br)cc1C. The van der Waals surface area contributed by atoms with Gasteiger partial charge in [-0.05, 0) is 58.6 Å². The predicted molar refractivity (Wildman–Crippen MR) is 88.8 cm³/mol. The number of halogens is 1. The van der Waals surface area contributed by atoms with Gasteiger partial charge in [0.25, 0.3) is 0 Å². The number of hydrogen-bond donors (Lipinski definition) is 1. The Morgan fingerprint density at radius 3 is 2.67 bits per heavy atom. The fraction of sp³-hybridized carbons (Fsp3) is 0.235. The number of aryl methyl sites for hydroxylation is 2. The highest BCUT2D eigenvalue weighted by molar-refractivity contribution is 9.10. The van der Waals surface area contributed by atoms with Crippen LogP contribution < -0.4 is 10.1 Å². The van der Waals surface area contributed by atoms with Crippen molar-refractivity contribution in [3.05, 3.63) is 58.1 Å². The maximum atomic E-state index is 12.0. The van der Waals surface area contributed by atoms with Crippen LogP contribution in [0.4, 0.5) is 5.69 Å². The van der Waals surface area contributed by atoms with Crippen LogP contribution in [0, 0.1) is 6.92 Å². The Hall–Kier alpha value is -1.81. The molecule has 1 amide bonds. The van der Waals surface area contributed by atoms with Crippen molar-refractivity contribution in [1.29, 1.82) is 0 Å². The summed E-state index contributed by atoms with van der Waals surface area (Å²) < 4.78 is 6.12. The molecule has 0 saturated heterocycles. The molecule has 0 unspecified atom stereocenters. The molecule has 0 aliphatic heterocycles. The Balaban J connectivity index is 1.92. The van der Waals surface area contributed by atoms with E-state index in [0.717, 1.165) is 27.0 Å². The maximum Gasteiger partial charge on any atom is 0.224 e. The molecule has 0 saturated carbocycles. The molecule has 1 N–H and O–H groups in total. The van der Waals surface area contributed by atoms with Gasteiger partial charge in [0, 0.05) is 10.9 Å². The van der Waals surface area contributed by atoms with Gasteiger partial charge >= 0.3 is 0 Å². The van der Waals surface area contributed by atoms with Gasteiger partial charge in [-0.25, -0.2) is 0 Å². The molecule has 0 bridgehead atoms. The van der Waals surface area contributed by atoms with E-state index in [2.05, 4.69) is 27.3 Å². The van der Waals surface area contributed by atoms with Gasteiger partial charge in [-0.2, -0.15) is 0 Å². The molecule has 2 aromatic carbocycles. The van der Waals surface area contributed by atoms with Gasteiger partial charge in [0.1, 0.15) is 5.75 Å². The van der Waals surface area contributed by atoms with Crippen molar-refractivity contribution < 1.29 is 9.53 Å². The van der Waals surface area contributed by atoms with Crippen LogP contribution in [0.1, 0.15) is 17.5 Å². The number of benzene rings is 2. The number of anilines is 1. The van der Waals surface area contributed by atoms with E-state index in [0.29, 0.717) is 12.8 Å². The van der Waals surface area contributed by atoms with Crippen LogP contribution >= 0.6 is 15.9 Å². The Morgan fingerprint density at radius 2 is 2.00 bits per heavy atom. The second-order valence-corrected chi connectivity index (χ2v) is 5.69. The molecule has 0 radical (unpaired) electrons. The molecule has 2 rings (SSSR count). The van der Waals surface area contributed by atoms with Crippen molar-refractivity contribution in [2.24, 2.45) is 0 Å². The quantitative estimate of drug-likeness (QED) is 0.873. The molecule has 0 atom stereocenters. The number of methoxy groups -OCH3 is 1. The summed E-state index contributed by atoms with van der Waals surface area (Å²) in [5, 5.41) is 2.91. The van der Waals surface area contributed by atoms with E-state index in [4.69, 9.17) is 4.74 Å². The normalized spacial score (nSPS) is 10.2. The first-order valence-electron chi connectivity index (χ1n) is 6.78. The largest absolute Gasteiger partial charge is 0.496 e. The van der Waals surface area contributed by atoms with Gasteiger partial charge in [-0.15, -0.1) is 0 Å². The van der Waals surface area contributed by atoms with Crippen molar-refractivity contribution in [3.63, 3.8) is 0 Å². The smallest absolute Gasteiger partial charge is 0.224 e. The van der Waals surface area contributed by atoms with Crippen LogP contribution in [0.3, 0.4) is 0 Å². The lowest BCUT2D eigenvalue weighted by Crippen LogP contribution is -2.12. The monoisotopic (exact) mass is 347 g/mol. The zero-order valence-corrected chi connectivity index (χ0v) is 13.7. The highest BCUT2D eigenvalue weighted by Gasteiger charge is 2.06. The summed E-state index contributed by atoms with van der Waals surface area (Å²) in [5.74, 6) is 0.881. The van der Waals surface area contributed by atoms with Crippen molar-refractivity contribution in [1.82, 2.24) is 0 Å². The molecule has 21 heavy (non-hydrogen) atoms. The minimum absolute atomic E-state index is 0.00960. The molecule has 4 heteroatoms. The van der Waals surface area contributed by atoms with Crippen molar-refractivity contribution in [2.75, 3.05) is 12.4 Å². The number of para-hydroxylation sites is 1. The summed E-state index contributed by atoms with van der Waals surface area (Å²) >= 11 is 3.42. The van der Waals surface area contributed by atoms with Crippen molar-refractivity contribution in [3.8, 4) is 5.75 Å². The van der Waals surface area contributed by atoms with Crippen LogP contribution in [-0.4, -0.2) is 13.0 Å². The van der Waals surface area contributed by atoms with Crippen molar-refractivity contribution in [2.45, 2.75) is 19.8 Å². The van der Waals surface area contributed by atoms with Crippen LogP contribution in [0.2, 0.25) is 0 Å². The average molecular weight is 348 g/mol. The Morgan fingerprint density at radius 1 is 1.24 bits per heavy atom. The third-order valence-corrected chi connectivity index (χ3v) is 3.94. The molecular formula is C17H18BrNO2. The molecule has 0 aliphatic carbocycles. The minimum atomic E-state index is 0.00960. The van der Waals surface area contributed by atoms with Gasteiger partial charge in [0.05, 0.1) is 12.8 Å². The molecule has 0 aliphatic rings. The number of carbonyl (C=O) groups excluding carboxylic acids is 1. The fourth-order valence-corrected chi connectivity index (χ4v) is 2.51. The predicted octanol–water partition coefficient (Wildman–Crippen LogP) is 4.34. The summed E-state index contributed by atoms with van der Waals surface area (Å²) in [6.45, 7) is 2.00. The third-order valence-electron chi connectivity index (χ3n) is 3.25. The first-order chi connectivity index (χ1) is 10.1. The fourth-order valence-electron chi connectivity index (χ4n) is 2.13. The van der Waals surface area contributed by atoms with Gasteiger partial charge < -0.3 is 10.1 Å². The maximum absolute atomic E-state index is 12.0. The van der Waals surface area contributed by atoms with E-state index in [-0.39, 0.29) is 5.91 Å².